The highest BCUT2D eigenvalue weighted by Gasteiger charge is 2.21. The third kappa shape index (κ3) is 3.47. The number of anilines is 1. The molecule has 1 amide bonds. The van der Waals surface area contributed by atoms with Crippen LogP contribution in [0.3, 0.4) is 0 Å². The molecule has 0 bridgehead atoms. The number of carbonyl (C=O) groups excluding carboxylic acids is 1. The molecule has 0 saturated carbocycles. The Kier molecular flexibility index (Phi) is 4.51. The van der Waals surface area contributed by atoms with Crippen molar-refractivity contribution in [2.24, 2.45) is 0 Å². The number of benzene rings is 2. The molecule has 0 aromatic heterocycles. The highest BCUT2D eigenvalue weighted by atomic mass is 16.5. The largest absolute Gasteiger partial charge is 0.496 e. The quantitative estimate of drug-likeness (QED) is 0.845. The third-order valence-electron chi connectivity index (χ3n) is 4.05. The highest BCUT2D eigenvalue weighted by molar-refractivity contribution is 5.95. The number of hydrogen-bond acceptors (Lipinski definition) is 3. The molecular weight excluding hydrogens is 290 g/mol. The van der Waals surface area contributed by atoms with Gasteiger partial charge in [0.15, 0.2) is 0 Å². The van der Waals surface area contributed by atoms with Gasteiger partial charge in [-0.25, -0.2) is 0 Å². The molecule has 4 nitrogen and oxygen atoms in total. The van der Waals surface area contributed by atoms with E-state index in [1.165, 1.54) is 5.56 Å². The number of aryl methyl sites for hydroxylation is 1. The van der Waals surface area contributed by atoms with Gasteiger partial charge in [-0.3, -0.25) is 4.79 Å². The summed E-state index contributed by atoms with van der Waals surface area (Å²) in [5, 5.41) is 0. The second-order valence-electron chi connectivity index (χ2n) is 5.75. The van der Waals surface area contributed by atoms with Crippen LogP contribution in [0.25, 0.3) is 0 Å². The van der Waals surface area contributed by atoms with Gasteiger partial charge in [0.1, 0.15) is 18.1 Å². The topological polar surface area (TPSA) is 38.8 Å². The van der Waals surface area contributed by atoms with Crippen LogP contribution in [0.2, 0.25) is 0 Å². The molecule has 0 unspecified atom stereocenters. The summed E-state index contributed by atoms with van der Waals surface area (Å²) in [5.41, 5.74) is 3.13. The summed E-state index contributed by atoms with van der Waals surface area (Å²) < 4.78 is 11.2. The Hall–Kier alpha value is -2.49. The molecule has 0 radical (unpaired) electrons. The first-order valence-electron chi connectivity index (χ1n) is 7.84. The van der Waals surface area contributed by atoms with Gasteiger partial charge in [0.2, 0.25) is 5.91 Å². The maximum absolute atomic E-state index is 11.8. The van der Waals surface area contributed by atoms with Crippen LogP contribution >= 0.6 is 0 Å². The van der Waals surface area contributed by atoms with E-state index in [9.17, 15) is 4.79 Å². The molecule has 1 aliphatic rings. The molecule has 1 heterocycles. The molecule has 3 rings (SSSR count). The molecule has 1 saturated heterocycles. The standard InChI is InChI=1S/C19H21NO3/c1-14-5-10-18(22-2)15(12-14)13-23-17-8-6-16(7-9-17)20-11-3-4-19(20)21/h5-10,12H,3-4,11,13H2,1-2H3. The van der Waals surface area contributed by atoms with E-state index in [1.807, 2.05) is 48.2 Å². The van der Waals surface area contributed by atoms with Gasteiger partial charge >= 0.3 is 0 Å². The van der Waals surface area contributed by atoms with Crippen LogP contribution in [-0.4, -0.2) is 19.6 Å². The molecule has 0 N–H and O–H groups in total. The maximum atomic E-state index is 11.8. The van der Waals surface area contributed by atoms with Gasteiger partial charge in [0.05, 0.1) is 7.11 Å². The lowest BCUT2D eigenvalue weighted by molar-refractivity contribution is -0.117. The van der Waals surface area contributed by atoms with E-state index in [4.69, 9.17) is 9.47 Å². The minimum absolute atomic E-state index is 0.197. The summed E-state index contributed by atoms with van der Waals surface area (Å²) in [6.07, 6.45) is 1.58. The van der Waals surface area contributed by atoms with Crippen LogP contribution in [0.15, 0.2) is 42.5 Å². The smallest absolute Gasteiger partial charge is 0.227 e. The van der Waals surface area contributed by atoms with Crippen molar-refractivity contribution < 1.29 is 14.3 Å². The number of amides is 1. The van der Waals surface area contributed by atoms with Crippen LogP contribution < -0.4 is 14.4 Å². The minimum Gasteiger partial charge on any atom is -0.496 e. The van der Waals surface area contributed by atoms with Gasteiger partial charge < -0.3 is 14.4 Å². The summed E-state index contributed by atoms with van der Waals surface area (Å²) >= 11 is 0. The lowest BCUT2D eigenvalue weighted by Gasteiger charge is -2.16. The lowest BCUT2D eigenvalue weighted by atomic mass is 10.1. The Balaban J connectivity index is 1.67. The Morgan fingerprint density at radius 2 is 1.91 bits per heavy atom. The number of nitrogens with zero attached hydrogens (tertiary/aromatic N) is 1. The van der Waals surface area contributed by atoms with Gasteiger partial charge in [-0.15, -0.1) is 0 Å². The Bertz CT molecular complexity index is 694. The van der Waals surface area contributed by atoms with Crippen LogP contribution in [0, 0.1) is 6.92 Å². The minimum atomic E-state index is 0.197. The van der Waals surface area contributed by atoms with Gasteiger partial charge in [0.25, 0.3) is 0 Å². The zero-order valence-corrected chi connectivity index (χ0v) is 13.5. The molecule has 0 aliphatic carbocycles. The van der Waals surface area contributed by atoms with Crippen LogP contribution in [-0.2, 0) is 11.4 Å². The molecule has 1 aliphatic heterocycles. The zero-order valence-electron chi connectivity index (χ0n) is 13.5. The monoisotopic (exact) mass is 311 g/mol. The lowest BCUT2D eigenvalue weighted by Crippen LogP contribution is -2.23. The van der Waals surface area contributed by atoms with E-state index >= 15 is 0 Å². The van der Waals surface area contributed by atoms with Crippen molar-refractivity contribution in [3.63, 3.8) is 0 Å². The predicted molar refractivity (Wildman–Crippen MR) is 90.1 cm³/mol. The van der Waals surface area contributed by atoms with Crippen molar-refractivity contribution in [2.45, 2.75) is 26.4 Å². The molecule has 2 aromatic rings. The predicted octanol–water partition coefficient (Wildman–Crippen LogP) is 3.71. The van der Waals surface area contributed by atoms with Crippen LogP contribution in [0.5, 0.6) is 11.5 Å². The van der Waals surface area contributed by atoms with Gasteiger partial charge in [0, 0.05) is 24.2 Å². The molecule has 0 spiro atoms. The zero-order chi connectivity index (χ0) is 16.2. The van der Waals surface area contributed by atoms with Crippen molar-refractivity contribution in [1.29, 1.82) is 0 Å². The number of hydrogen-bond donors (Lipinski definition) is 0. The summed E-state index contributed by atoms with van der Waals surface area (Å²) in [7, 11) is 1.66. The fourth-order valence-corrected chi connectivity index (χ4v) is 2.82. The molecular formula is C19H21NO3. The molecule has 4 heteroatoms. The fraction of sp³-hybridized carbons (Fsp3) is 0.316. The second kappa shape index (κ2) is 6.73. The number of ether oxygens (including phenoxy) is 2. The summed E-state index contributed by atoms with van der Waals surface area (Å²) in [6.45, 7) is 3.30. The van der Waals surface area contributed by atoms with Crippen molar-refractivity contribution >= 4 is 11.6 Å². The summed E-state index contributed by atoms with van der Waals surface area (Å²) in [4.78, 5) is 13.6. The third-order valence-corrected chi connectivity index (χ3v) is 4.05. The van der Waals surface area contributed by atoms with Gasteiger partial charge in [-0.1, -0.05) is 11.6 Å². The Labute approximate surface area is 136 Å². The van der Waals surface area contributed by atoms with E-state index in [-0.39, 0.29) is 5.91 Å². The van der Waals surface area contributed by atoms with Crippen LogP contribution in [0.4, 0.5) is 5.69 Å². The SMILES string of the molecule is COc1ccc(C)cc1COc1ccc(N2CCCC2=O)cc1. The average Bonchev–Trinajstić information content (AvgIpc) is 2.99. The number of carbonyl (C=O) groups is 1. The first kappa shape index (κ1) is 15.4. The Morgan fingerprint density at radius 1 is 1.13 bits per heavy atom. The Morgan fingerprint density at radius 3 is 2.57 bits per heavy atom. The molecule has 1 fully saturated rings. The average molecular weight is 311 g/mol. The van der Waals surface area contributed by atoms with Crippen molar-refractivity contribution in [1.82, 2.24) is 0 Å². The van der Waals surface area contributed by atoms with Gasteiger partial charge in [-0.2, -0.15) is 0 Å². The summed E-state index contributed by atoms with van der Waals surface area (Å²) in [5.74, 6) is 1.81. The second-order valence-corrected chi connectivity index (χ2v) is 5.75. The number of methoxy groups -OCH3 is 1. The molecule has 2 aromatic carbocycles. The van der Waals surface area contributed by atoms with E-state index in [1.54, 1.807) is 7.11 Å². The molecule has 23 heavy (non-hydrogen) atoms. The normalized spacial score (nSPS) is 14.2. The molecule has 120 valence electrons. The van der Waals surface area contributed by atoms with Gasteiger partial charge in [-0.05, 0) is 49.7 Å². The van der Waals surface area contributed by atoms with Crippen molar-refractivity contribution in [2.75, 3.05) is 18.6 Å². The fourth-order valence-electron chi connectivity index (χ4n) is 2.82. The van der Waals surface area contributed by atoms with Crippen molar-refractivity contribution in [3.05, 3.63) is 53.6 Å². The van der Waals surface area contributed by atoms with E-state index < -0.39 is 0 Å². The first-order chi connectivity index (χ1) is 11.2. The van der Waals surface area contributed by atoms with E-state index in [0.29, 0.717) is 13.0 Å². The molecule has 0 atom stereocenters. The van der Waals surface area contributed by atoms with E-state index in [2.05, 4.69) is 6.07 Å². The maximum Gasteiger partial charge on any atom is 0.227 e. The number of rotatable bonds is 5. The summed E-state index contributed by atoms with van der Waals surface area (Å²) in [6, 6.07) is 13.7. The van der Waals surface area contributed by atoms with Crippen molar-refractivity contribution in [3.8, 4) is 11.5 Å². The van der Waals surface area contributed by atoms with E-state index in [0.717, 1.165) is 35.7 Å². The first-order valence-corrected chi connectivity index (χ1v) is 7.84. The highest BCUT2D eigenvalue weighted by Crippen LogP contribution is 2.26. The van der Waals surface area contributed by atoms with Crippen LogP contribution in [0.1, 0.15) is 24.0 Å².